The van der Waals surface area contributed by atoms with Crippen LogP contribution in [0, 0.1) is 5.92 Å². The molecule has 0 fully saturated rings. The highest BCUT2D eigenvalue weighted by molar-refractivity contribution is 7.18. The van der Waals surface area contributed by atoms with E-state index in [0.717, 1.165) is 16.9 Å². The second-order valence-electron chi connectivity index (χ2n) is 6.87. The van der Waals surface area contributed by atoms with Crippen LogP contribution in [0.5, 0.6) is 0 Å². The molecular weight excluding hydrogens is 338 g/mol. The van der Waals surface area contributed by atoms with Gasteiger partial charge in [-0.3, -0.25) is 0 Å². The van der Waals surface area contributed by atoms with E-state index in [2.05, 4.69) is 66.7 Å². The molecule has 1 aromatic heterocycles. The Morgan fingerprint density at radius 2 is 1.46 bits per heavy atom. The summed E-state index contributed by atoms with van der Waals surface area (Å²) in [5.74, 6) is 0.347. The lowest BCUT2D eigenvalue weighted by Gasteiger charge is -2.23. The Bertz CT molecular complexity index is 1010. The lowest BCUT2D eigenvalue weighted by molar-refractivity contribution is 0.213. The summed E-state index contributed by atoms with van der Waals surface area (Å²) >= 11 is 1.74. The third kappa shape index (κ3) is 2.47. The van der Waals surface area contributed by atoms with E-state index in [0.29, 0.717) is 0 Å². The molecule has 128 valence electrons. The van der Waals surface area contributed by atoms with Crippen molar-refractivity contribution in [1.82, 2.24) is 4.98 Å². The molecule has 0 aliphatic heterocycles. The zero-order chi connectivity index (χ0) is 17.5. The molecule has 1 atom stereocenters. The van der Waals surface area contributed by atoms with E-state index in [9.17, 15) is 5.11 Å². The molecule has 0 unspecified atom stereocenters. The number of benzene rings is 3. The first kappa shape index (κ1) is 15.7. The first-order valence-corrected chi connectivity index (χ1v) is 9.80. The number of thiazole rings is 1. The molecule has 5 rings (SSSR count). The largest absolute Gasteiger partial charge is 0.396 e. The summed E-state index contributed by atoms with van der Waals surface area (Å²) < 4.78 is 1.21. The Balaban J connectivity index is 1.56. The van der Waals surface area contributed by atoms with Gasteiger partial charge in [-0.05, 0) is 40.3 Å². The molecule has 1 heterocycles. The monoisotopic (exact) mass is 357 g/mol. The van der Waals surface area contributed by atoms with E-state index in [4.69, 9.17) is 4.98 Å². The Morgan fingerprint density at radius 1 is 0.846 bits per heavy atom. The van der Waals surface area contributed by atoms with Gasteiger partial charge in [0.15, 0.2) is 0 Å². The number of hydrogen-bond acceptors (Lipinski definition) is 3. The fourth-order valence-corrected chi connectivity index (χ4v) is 5.28. The predicted molar refractivity (Wildman–Crippen MR) is 108 cm³/mol. The number of hydrogen-bond donors (Lipinski definition) is 1. The van der Waals surface area contributed by atoms with Crippen LogP contribution in [0.3, 0.4) is 0 Å². The molecule has 0 spiro atoms. The lowest BCUT2D eigenvalue weighted by atomic mass is 9.83. The van der Waals surface area contributed by atoms with Crippen LogP contribution in [0.15, 0.2) is 72.8 Å². The van der Waals surface area contributed by atoms with Crippen LogP contribution in [0.2, 0.25) is 0 Å². The number of rotatable bonds is 4. The van der Waals surface area contributed by atoms with E-state index in [1.54, 1.807) is 11.3 Å². The minimum atomic E-state index is 0.125. The van der Waals surface area contributed by atoms with E-state index in [-0.39, 0.29) is 18.4 Å². The van der Waals surface area contributed by atoms with Crippen LogP contribution < -0.4 is 0 Å². The highest BCUT2D eigenvalue weighted by Crippen LogP contribution is 2.48. The van der Waals surface area contributed by atoms with E-state index >= 15 is 0 Å². The van der Waals surface area contributed by atoms with Gasteiger partial charge in [-0.2, -0.15) is 0 Å². The zero-order valence-electron chi connectivity index (χ0n) is 14.3. The van der Waals surface area contributed by atoms with Crippen LogP contribution >= 0.6 is 11.3 Å². The minimum Gasteiger partial charge on any atom is -0.396 e. The van der Waals surface area contributed by atoms with E-state index < -0.39 is 0 Å². The van der Waals surface area contributed by atoms with Gasteiger partial charge >= 0.3 is 0 Å². The van der Waals surface area contributed by atoms with Gasteiger partial charge in [0.1, 0.15) is 0 Å². The number of aliphatic hydroxyl groups is 1. The zero-order valence-corrected chi connectivity index (χ0v) is 15.1. The maximum Gasteiger partial charge on any atom is 0.0942 e. The fourth-order valence-electron chi connectivity index (χ4n) is 4.22. The van der Waals surface area contributed by atoms with Crippen molar-refractivity contribution in [3.8, 4) is 11.1 Å². The average Bonchev–Trinajstić information content (AvgIpc) is 3.25. The van der Waals surface area contributed by atoms with Gasteiger partial charge in [0.25, 0.3) is 0 Å². The van der Waals surface area contributed by atoms with Crippen molar-refractivity contribution in [3.05, 3.63) is 88.9 Å². The maximum absolute atomic E-state index is 10.3. The number of fused-ring (bicyclic) bond motifs is 4. The fraction of sp³-hybridized carbons (Fsp3) is 0.174. The molecule has 1 N–H and O–H groups in total. The van der Waals surface area contributed by atoms with Gasteiger partial charge in [0, 0.05) is 18.9 Å². The second-order valence-corrected chi connectivity index (χ2v) is 7.99. The summed E-state index contributed by atoms with van der Waals surface area (Å²) in [6.07, 6.45) is 0.795. The highest BCUT2D eigenvalue weighted by atomic mass is 32.1. The molecule has 2 nitrogen and oxygen atoms in total. The van der Waals surface area contributed by atoms with Crippen LogP contribution in [-0.2, 0) is 6.42 Å². The molecule has 0 amide bonds. The first-order chi connectivity index (χ1) is 12.8. The average molecular weight is 357 g/mol. The molecular formula is C23H19NOS. The normalized spacial score (nSPS) is 14.3. The van der Waals surface area contributed by atoms with Crippen molar-refractivity contribution < 1.29 is 5.11 Å². The molecule has 3 heteroatoms. The van der Waals surface area contributed by atoms with Crippen molar-refractivity contribution in [3.63, 3.8) is 0 Å². The van der Waals surface area contributed by atoms with Crippen molar-refractivity contribution in [2.75, 3.05) is 6.61 Å². The number of para-hydroxylation sites is 1. The third-order valence-electron chi connectivity index (χ3n) is 5.36. The molecule has 0 saturated carbocycles. The molecule has 0 radical (unpaired) electrons. The van der Waals surface area contributed by atoms with Gasteiger partial charge in [-0.25, -0.2) is 4.98 Å². The van der Waals surface area contributed by atoms with Crippen LogP contribution in [0.4, 0.5) is 0 Å². The van der Waals surface area contributed by atoms with Gasteiger partial charge in [0.05, 0.1) is 15.2 Å². The summed E-state index contributed by atoms with van der Waals surface area (Å²) in [6, 6.07) is 25.5. The van der Waals surface area contributed by atoms with Gasteiger partial charge < -0.3 is 5.11 Å². The topological polar surface area (TPSA) is 33.1 Å². The molecule has 4 aromatic rings. The summed E-state index contributed by atoms with van der Waals surface area (Å²) in [7, 11) is 0. The Labute approximate surface area is 156 Å². The molecule has 1 aliphatic carbocycles. The lowest BCUT2D eigenvalue weighted by Crippen LogP contribution is -2.19. The maximum atomic E-state index is 10.3. The van der Waals surface area contributed by atoms with Crippen molar-refractivity contribution in [2.45, 2.75) is 12.3 Å². The van der Waals surface area contributed by atoms with Crippen molar-refractivity contribution >= 4 is 21.6 Å². The Morgan fingerprint density at radius 3 is 2.12 bits per heavy atom. The Kier molecular flexibility index (Phi) is 3.84. The number of nitrogens with zero attached hydrogens (tertiary/aromatic N) is 1. The number of aliphatic hydroxyl groups excluding tert-OH is 1. The second kappa shape index (κ2) is 6.35. The van der Waals surface area contributed by atoms with E-state index in [1.807, 2.05) is 6.07 Å². The quantitative estimate of drug-likeness (QED) is 0.540. The smallest absolute Gasteiger partial charge is 0.0942 e. The summed E-state index contributed by atoms with van der Waals surface area (Å²) in [4.78, 5) is 4.79. The summed E-state index contributed by atoms with van der Waals surface area (Å²) in [5.41, 5.74) is 6.31. The van der Waals surface area contributed by atoms with Gasteiger partial charge in [-0.1, -0.05) is 60.7 Å². The molecule has 3 aromatic carbocycles. The highest BCUT2D eigenvalue weighted by Gasteiger charge is 2.34. The van der Waals surface area contributed by atoms with Crippen LogP contribution in [0.25, 0.3) is 21.3 Å². The molecule has 1 aliphatic rings. The Hall–Kier alpha value is -2.49. The van der Waals surface area contributed by atoms with Crippen LogP contribution in [-0.4, -0.2) is 16.7 Å². The SMILES string of the molecule is OC[C@H](Cc1nc2ccccc2s1)C1c2ccccc2-c2ccccc21. The van der Waals surface area contributed by atoms with Gasteiger partial charge in [0.2, 0.25) is 0 Å². The minimum absolute atomic E-state index is 0.125. The standard InChI is InChI=1S/C23H19NOS/c25-14-15(13-22-24-20-11-5-6-12-21(20)26-22)23-18-9-3-1-7-16(18)17-8-2-4-10-19(17)23/h1-12,15,23,25H,13-14H2/t15-/m0/s1. The molecule has 26 heavy (non-hydrogen) atoms. The third-order valence-corrected chi connectivity index (χ3v) is 6.42. The predicted octanol–water partition coefficient (Wildman–Crippen LogP) is 5.26. The van der Waals surface area contributed by atoms with Crippen molar-refractivity contribution in [1.29, 1.82) is 0 Å². The van der Waals surface area contributed by atoms with Crippen molar-refractivity contribution in [2.24, 2.45) is 5.92 Å². The number of aromatic nitrogens is 1. The van der Waals surface area contributed by atoms with Crippen LogP contribution in [0.1, 0.15) is 22.1 Å². The van der Waals surface area contributed by atoms with E-state index in [1.165, 1.54) is 27.0 Å². The van der Waals surface area contributed by atoms with Gasteiger partial charge in [-0.15, -0.1) is 11.3 Å². The molecule has 0 saturated heterocycles. The molecule has 0 bridgehead atoms. The summed E-state index contributed by atoms with van der Waals surface area (Å²) in [5, 5.41) is 11.4. The summed E-state index contributed by atoms with van der Waals surface area (Å²) in [6.45, 7) is 0.156. The first-order valence-electron chi connectivity index (χ1n) is 8.98.